The highest BCUT2D eigenvalue weighted by Crippen LogP contribution is 2.57. The van der Waals surface area contributed by atoms with Gasteiger partial charge in [-0.15, -0.1) is 0 Å². The Bertz CT molecular complexity index is 289. The lowest BCUT2D eigenvalue weighted by Gasteiger charge is -2.32. The van der Waals surface area contributed by atoms with E-state index in [1.165, 1.54) is 0 Å². The fourth-order valence-electron chi connectivity index (χ4n) is 3.31. The van der Waals surface area contributed by atoms with E-state index >= 15 is 0 Å². The highest BCUT2D eigenvalue weighted by atomic mass is 16.4. The zero-order valence-corrected chi connectivity index (χ0v) is 8.03. The predicted octanol–water partition coefficient (Wildman–Crippen LogP) is 0.753. The first kappa shape index (κ1) is 9.49. The first-order valence-corrected chi connectivity index (χ1v) is 5.06. The number of carboxylic acid groups (broad SMARTS) is 1. The number of rotatable bonds is 3. The fourth-order valence-corrected chi connectivity index (χ4v) is 3.31. The van der Waals surface area contributed by atoms with Crippen LogP contribution in [0, 0.1) is 17.3 Å². The summed E-state index contributed by atoms with van der Waals surface area (Å²) in [5.41, 5.74) is 4.30. The molecule has 0 heterocycles. The number of carbonyl (C=O) groups is 2. The van der Waals surface area contributed by atoms with Crippen molar-refractivity contribution in [2.24, 2.45) is 23.0 Å². The van der Waals surface area contributed by atoms with Gasteiger partial charge in [0.15, 0.2) is 0 Å². The van der Waals surface area contributed by atoms with E-state index in [4.69, 9.17) is 5.73 Å². The largest absolute Gasteiger partial charge is 0.481 e. The lowest BCUT2D eigenvalue weighted by Crippen LogP contribution is -2.40. The molecule has 78 valence electrons. The van der Waals surface area contributed by atoms with Crippen molar-refractivity contribution in [3.63, 3.8) is 0 Å². The van der Waals surface area contributed by atoms with Crippen LogP contribution in [-0.2, 0) is 9.59 Å². The zero-order chi connectivity index (χ0) is 10.3. The number of carbonyl (C=O) groups excluding carboxylic acids is 1. The summed E-state index contributed by atoms with van der Waals surface area (Å²) < 4.78 is 0. The number of nitrogens with two attached hydrogens (primary N) is 1. The van der Waals surface area contributed by atoms with Crippen molar-refractivity contribution >= 4 is 11.9 Å². The van der Waals surface area contributed by atoms with E-state index in [1.807, 2.05) is 0 Å². The topological polar surface area (TPSA) is 80.4 Å². The van der Waals surface area contributed by atoms with Gasteiger partial charge in [0.1, 0.15) is 0 Å². The van der Waals surface area contributed by atoms with Crippen LogP contribution in [0.25, 0.3) is 0 Å². The molecular formula is C10H15NO3. The summed E-state index contributed by atoms with van der Waals surface area (Å²) in [6, 6.07) is 0. The molecule has 14 heavy (non-hydrogen) atoms. The van der Waals surface area contributed by atoms with Gasteiger partial charge < -0.3 is 10.8 Å². The van der Waals surface area contributed by atoms with E-state index in [2.05, 4.69) is 0 Å². The second kappa shape index (κ2) is 2.97. The highest BCUT2D eigenvalue weighted by molar-refractivity contribution is 5.84. The molecule has 1 amide bonds. The number of hydrogen-bond acceptors (Lipinski definition) is 2. The molecule has 0 aromatic heterocycles. The fraction of sp³-hybridized carbons (Fsp3) is 0.800. The Morgan fingerprint density at radius 3 is 2.50 bits per heavy atom. The first-order chi connectivity index (χ1) is 6.54. The third-order valence-electron chi connectivity index (χ3n) is 3.89. The van der Waals surface area contributed by atoms with Crippen LogP contribution in [0.15, 0.2) is 0 Å². The average Bonchev–Trinajstić information content (AvgIpc) is 2.61. The Morgan fingerprint density at radius 2 is 2.14 bits per heavy atom. The Morgan fingerprint density at radius 1 is 1.43 bits per heavy atom. The van der Waals surface area contributed by atoms with Gasteiger partial charge >= 0.3 is 5.97 Å². The van der Waals surface area contributed by atoms with Gasteiger partial charge in [0, 0.05) is 6.42 Å². The molecule has 0 aromatic carbocycles. The Labute approximate surface area is 82.5 Å². The molecule has 0 aliphatic heterocycles. The monoisotopic (exact) mass is 197 g/mol. The zero-order valence-electron chi connectivity index (χ0n) is 8.03. The predicted molar refractivity (Wildman–Crippen MR) is 49.3 cm³/mol. The minimum Gasteiger partial charge on any atom is -0.481 e. The van der Waals surface area contributed by atoms with Crippen molar-refractivity contribution < 1.29 is 14.7 Å². The number of primary amides is 1. The first-order valence-electron chi connectivity index (χ1n) is 5.06. The van der Waals surface area contributed by atoms with Crippen LogP contribution in [0.2, 0.25) is 0 Å². The maximum absolute atomic E-state index is 11.2. The third-order valence-corrected chi connectivity index (χ3v) is 3.89. The van der Waals surface area contributed by atoms with Gasteiger partial charge in [0.2, 0.25) is 5.91 Å². The van der Waals surface area contributed by atoms with Gasteiger partial charge in [-0.3, -0.25) is 9.59 Å². The lowest BCUT2D eigenvalue weighted by atomic mass is 9.70. The Balaban J connectivity index is 2.24. The maximum atomic E-state index is 11.2. The second-order valence-corrected chi connectivity index (χ2v) is 4.68. The summed E-state index contributed by atoms with van der Waals surface area (Å²) in [5.74, 6) is -0.628. The quantitative estimate of drug-likeness (QED) is 0.700. The standard InChI is InChI=1S/C10H15NO3/c11-8(12)5-10(9(13)14)4-6-1-2-7(10)3-6/h6-7H,1-5H2,(H2,11,12)(H,13,14). The van der Waals surface area contributed by atoms with Crippen molar-refractivity contribution in [2.45, 2.75) is 32.1 Å². The second-order valence-electron chi connectivity index (χ2n) is 4.68. The number of amides is 1. The van der Waals surface area contributed by atoms with Gasteiger partial charge in [0.25, 0.3) is 0 Å². The molecule has 3 N–H and O–H groups in total. The van der Waals surface area contributed by atoms with Gasteiger partial charge in [-0.25, -0.2) is 0 Å². The van der Waals surface area contributed by atoms with E-state index in [-0.39, 0.29) is 12.3 Å². The number of carboxylic acids is 1. The summed E-state index contributed by atoms with van der Waals surface area (Å²) in [6.45, 7) is 0. The van der Waals surface area contributed by atoms with Crippen LogP contribution in [0.4, 0.5) is 0 Å². The molecule has 0 spiro atoms. The molecular weight excluding hydrogens is 182 g/mol. The van der Waals surface area contributed by atoms with Crippen LogP contribution in [-0.4, -0.2) is 17.0 Å². The molecule has 4 heteroatoms. The molecule has 2 bridgehead atoms. The number of hydrogen-bond donors (Lipinski definition) is 2. The van der Waals surface area contributed by atoms with Crippen LogP contribution in [0.3, 0.4) is 0 Å². The minimum absolute atomic E-state index is 0.0174. The Hall–Kier alpha value is -1.06. The molecule has 3 unspecified atom stereocenters. The van der Waals surface area contributed by atoms with E-state index in [0.29, 0.717) is 12.3 Å². The van der Waals surface area contributed by atoms with Gasteiger partial charge in [-0.2, -0.15) is 0 Å². The summed E-state index contributed by atoms with van der Waals surface area (Å²) in [7, 11) is 0. The molecule has 2 aliphatic carbocycles. The van der Waals surface area contributed by atoms with Gasteiger partial charge in [-0.05, 0) is 31.1 Å². The summed E-state index contributed by atoms with van der Waals surface area (Å²) in [6.07, 6.45) is 3.71. The Kier molecular flexibility index (Phi) is 2.01. The van der Waals surface area contributed by atoms with Crippen molar-refractivity contribution in [1.82, 2.24) is 0 Å². The molecule has 3 atom stereocenters. The van der Waals surface area contributed by atoms with Gasteiger partial charge in [-0.1, -0.05) is 6.42 Å². The summed E-state index contributed by atoms with van der Waals surface area (Å²) in [5, 5.41) is 9.23. The van der Waals surface area contributed by atoms with Crippen LogP contribution in [0.1, 0.15) is 32.1 Å². The number of fused-ring (bicyclic) bond motifs is 2. The molecule has 2 saturated carbocycles. The van der Waals surface area contributed by atoms with E-state index in [1.54, 1.807) is 0 Å². The lowest BCUT2D eigenvalue weighted by molar-refractivity contribution is -0.155. The molecule has 0 saturated heterocycles. The van der Waals surface area contributed by atoms with Crippen molar-refractivity contribution in [3.8, 4) is 0 Å². The highest BCUT2D eigenvalue weighted by Gasteiger charge is 2.56. The summed E-state index contributed by atoms with van der Waals surface area (Å²) >= 11 is 0. The smallest absolute Gasteiger partial charge is 0.310 e. The molecule has 2 aliphatic rings. The SMILES string of the molecule is NC(=O)CC1(C(=O)O)CC2CCC1C2. The van der Waals surface area contributed by atoms with E-state index in [9.17, 15) is 14.7 Å². The van der Waals surface area contributed by atoms with Crippen molar-refractivity contribution in [2.75, 3.05) is 0 Å². The third kappa shape index (κ3) is 1.21. The molecule has 2 fully saturated rings. The molecule has 0 radical (unpaired) electrons. The van der Waals surface area contributed by atoms with Crippen LogP contribution in [0.5, 0.6) is 0 Å². The van der Waals surface area contributed by atoms with E-state index in [0.717, 1.165) is 19.3 Å². The molecule has 2 rings (SSSR count). The normalized spacial score (nSPS) is 40.0. The van der Waals surface area contributed by atoms with E-state index < -0.39 is 17.3 Å². The van der Waals surface area contributed by atoms with Crippen molar-refractivity contribution in [3.05, 3.63) is 0 Å². The van der Waals surface area contributed by atoms with Crippen LogP contribution < -0.4 is 5.73 Å². The average molecular weight is 197 g/mol. The molecule has 4 nitrogen and oxygen atoms in total. The van der Waals surface area contributed by atoms with Crippen molar-refractivity contribution in [1.29, 1.82) is 0 Å². The number of aliphatic carboxylic acids is 1. The summed E-state index contributed by atoms with van der Waals surface area (Å²) in [4.78, 5) is 22.1. The maximum Gasteiger partial charge on any atom is 0.310 e. The van der Waals surface area contributed by atoms with Gasteiger partial charge in [0.05, 0.1) is 5.41 Å². The molecule has 0 aromatic rings. The van der Waals surface area contributed by atoms with Crippen LogP contribution >= 0.6 is 0 Å². The minimum atomic E-state index is -0.830.